The molecule has 1 aliphatic rings. The molecule has 1 saturated heterocycles. The maximum atomic E-state index is 12.4. The fourth-order valence-corrected chi connectivity index (χ4v) is 4.40. The summed E-state index contributed by atoms with van der Waals surface area (Å²) in [6.45, 7) is 6.87. The molecule has 128 valence electrons. The van der Waals surface area contributed by atoms with Gasteiger partial charge >= 0.3 is 5.97 Å². The van der Waals surface area contributed by atoms with Crippen molar-refractivity contribution >= 4 is 21.7 Å². The first kappa shape index (κ1) is 17.5. The minimum Gasteiger partial charge on any atom is -0.459 e. The van der Waals surface area contributed by atoms with Crippen LogP contribution in [-0.2, 0) is 14.6 Å². The van der Waals surface area contributed by atoms with E-state index < -0.39 is 21.7 Å². The molecule has 0 spiro atoms. The average Bonchev–Trinajstić information content (AvgIpc) is 2.88. The Morgan fingerprint density at radius 3 is 2.48 bits per heavy atom. The normalized spacial score (nSPS) is 19.8. The van der Waals surface area contributed by atoms with Crippen molar-refractivity contribution in [3.8, 4) is 0 Å². The number of aromatic amines is 1. The molecule has 1 aromatic rings. The Morgan fingerprint density at radius 1 is 1.30 bits per heavy atom. The van der Waals surface area contributed by atoms with E-state index >= 15 is 0 Å². The average molecular weight is 342 g/mol. The van der Waals surface area contributed by atoms with Crippen LogP contribution in [-0.4, -0.2) is 48.9 Å². The third-order valence-electron chi connectivity index (χ3n) is 3.78. The minimum atomic E-state index is -3.06. The molecule has 1 fully saturated rings. The maximum Gasteiger partial charge on any atom is 0.340 e. The smallest absolute Gasteiger partial charge is 0.340 e. The van der Waals surface area contributed by atoms with Crippen LogP contribution in [0.5, 0.6) is 0 Å². The van der Waals surface area contributed by atoms with Gasteiger partial charge in [0.15, 0.2) is 9.84 Å². The van der Waals surface area contributed by atoms with Crippen molar-refractivity contribution < 1.29 is 22.7 Å². The van der Waals surface area contributed by atoms with Crippen LogP contribution in [0.4, 0.5) is 0 Å². The molecule has 0 aliphatic carbocycles. The number of hydrogen-bond donors (Lipinski definition) is 2. The van der Waals surface area contributed by atoms with E-state index in [0.717, 1.165) is 0 Å². The van der Waals surface area contributed by atoms with Gasteiger partial charge in [0.1, 0.15) is 5.69 Å². The SMILES string of the molecule is Cc1[nH]c(C(=O)NC2CCS(=O)(=O)C2)c(C)c1C(=O)OC(C)C. The molecule has 23 heavy (non-hydrogen) atoms. The standard InChI is InChI=1S/C15H22N2O5S/c1-8(2)22-15(19)12-9(3)13(16-10(12)4)14(18)17-11-5-6-23(20,21)7-11/h8,11,16H,5-7H2,1-4H3,(H,17,18). The maximum absolute atomic E-state index is 12.4. The van der Waals surface area contributed by atoms with Gasteiger partial charge in [-0.2, -0.15) is 0 Å². The van der Waals surface area contributed by atoms with E-state index in [0.29, 0.717) is 23.2 Å². The molecule has 1 aliphatic heterocycles. The minimum absolute atomic E-state index is 0.0419. The number of nitrogens with one attached hydrogen (secondary N) is 2. The Hall–Kier alpha value is -1.83. The summed E-state index contributed by atoms with van der Waals surface area (Å²) in [6, 6.07) is -0.387. The molecule has 2 N–H and O–H groups in total. The Morgan fingerprint density at radius 2 is 1.96 bits per heavy atom. The number of aromatic nitrogens is 1. The second-order valence-electron chi connectivity index (χ2n) is 6.15. The van der Waals surface area contributed by atoms with Crippen molar-refractivity contribution in [1.82, 2.24) is 10.3 Å². The van der Waals surface area contributed by atoms with E-state index in [-0.39, 0.29) is 29.3 Å². The molecule has 2 heterocycles. The molecule has 1 amide bonds. The largest absolute Gasteiger partial charge is 0.459 e. The molecule has 1 atom stereocenters. The lowest BCUT2D eigenvalue weighted by molar-refractivity contribution is 0.0376. The number of carbonyl (C=O) groups excluding carboxylic acids is 2. The topological polar surface area (TPSA) is 105 Å². The van der Waals surface area contributed by atoms with Gasteiger partial charge in [0.05, 0.1) is 23.2 Å². The van der Waals surface area contributed by atoms with E-state index in [2.05, 4.69) is 10.3 Å². The van der Waals surface area contributed by atoms with Crippen LogP contribution < -0.4 is 5.32 Å². The summed E-state index contributed by atoms with van der Waals surface area (Å²) < 4.78 is 28.1. The van der Waals surface area contributed by atoms with Gasteiger partial charge in [-0.25, -0.2) is 13.2 Å². The number of ether oxygens (including phenoxy) is 1. The first-order valence-electron chi connectivity index (χ1n) is 7.52. The van der Waals surface area contributed by atoms with E-state index in [1.165, 1.54) is 0 Å². The zero-order valence-corrected chi connectivity index (χ0v) is 14.5. The molecule has 8 heteroatoms. The molecule has 2 rings (SSSR count). The quantitative estimate of drug-likeness (QED) is 0.798. The van der Waals surface area contributed by atoms with E-state index in [1.54, 1.807) is 27.7 Å². The number of aryl methyl sites for hydroxylation is 1. The van der Waals surface area contributed by atoms with Crippen molar-refractivity contribution in [3.05, 3.63) is 22.5 Å². The Balaban J connectivity index is 2.17. The molecule has 0 radical (unpaired) electrons. The highest BCUT2D eigenvalue weighted by Crippen LogP contribution is 2.20. The monoisotopic (exact) mass is 342 g/mol. The fourth-order valence-electron chi connectivity index (χ4n) is 2.72. The van der Waals surface area contributed by atoms with Crippen LogP contribution >= 0.6 is 0 Å². The first-order valence-corrected chi connectivity index (χ1v) is 9.34. The molecule has 1 unspecified atom stereocenters. The molecule has 1 aromatic heterocycles. The van der Waals surface area contributed by atoms with Gasteiger partial charge in [0.25, 0.3) is 5.91 Å². The van der Waals surface area contributed by atoms with Crippen molar-refractivity contribution in [2.75, 3.05) is 11.5 Å². The van der Waals surface area contributed by atoms with Gasteiger partial charge in [-0.3, -0.25) is 4.79 Å². The first-order chi connectivity index (χ1) is 10.6. The molecular weight excluding hydrogens is 320 g/mol. The third kappa shape index (κ3) is 3.93. The van der Waals surface area contributed by atoms with Crippen LogP contribution in [0.15, 0.2) is 0 Å². The van der Waals surface area contributed by atoms with Crippen LogP contribution in [0, 0.1) is 13.8 Å². The second-order valence-corrected chi connectivity index (χ2v) is 8.38. The van der Waals surface area contributed by atoms with Crippen LogP contribution in [0.3, 0.4) is 0 Å². The van der Waals surface area contributed by atoms with Crippen molar-refractivity contribution in [1.29, 1.82) is 0 Å². The zero-order chi connectivity index (χ0) is 17.4. The Bertz CT molecular complexity index is 733. The predicted molar refractivity (Wildman–Crippen MR) is 85.3 cm³/mol. The molecular formula is C15H22N2O5S. The van der Waals surface area contributed by atoms with Crippen molar-refractivity contribution in [2.24, 2.45) is 0 Å². The summed E-state index contributed by atoms with van der Waals surface area (Å²) >= 11 is 0. The van der Waals surface area contributed by atoms with E-state index in [9.17, 15) is 18.0 Å². The summed E-state index contributed by atoms with van der Waals surface area (Å²) in [7, 11) is -3.06. The molecule has 0 bridgehead atoms. The lowest BCUT2D eigenvalue weighted by Gasteiger charge is -2.11. The van der Waals surface area contributed by atoms with E-state index in [4.69, 9.17) is 4.74 Å². The van der Waals surface area contributed by atoms with Crippen molar-refractivity contribution in [3.63, 3.8) is 0 Å². The lowest BCUT2D eigenvalue weighted by Crippen LogP contribution is -2.36. The summed E-state index contributed by atoms with van der Waals surface area (Å²) in [5, 5.41) is 2.71. The van der Waals surface area contributed by atoms with Crippen molar-refractivity contribution in [2.45, 2.75) is 46.3 Å². The van der Waals surface area contributed by atoms with Gasteiger partial charge < -0.3 is 15.0 Å². The second kappa shape index (κ2) is 6.35. The van der Waals surface area contributed by atoms with Gasteiger partial charge in [0.2, 0.25) is 0 Å². The molecule has 0 saturated carbocycles. The number of H-pyrrole nitrogens is 1. The van der Waals surface area contributed by atoms with Gasteiger partial charge in [-0.05, 0) is 39.7 Å². The highest BCUT2D eigenvalue weighted by atomic mass is 32.2. The van der Waals surface area contributed by atoms with Gasteiger partial charge in [-0.15, -0.1) is 0 Å². The van der Waals surface area contributed by atoms with Crippen LogP contribution in [0.2, 0.25) is 0 Å². The number of carbonyl (C=O) groups is 2. The summed E-state index contributed by atoms with van der Waals surface area (Å²) in [5.41, 5.74) is 1.68. The molecule has 7 nitrogen and oxygen atoms in total. The third-order valence-corrected chi connectivity index (χ3v) is 5.55. The fraction of sp³-hybridized carbons (Fsp3) is 0.600. The number of esters is 1. The summed E-state index contributed by atoms with van der Waals surface area (Å²) in [4.78, 5) is 27.4. The zero-order valence-electron chi connectivity index (χ0n) is 13.7. The Labute approximate surface area is 135 Å². The number of hydrogen-bond acceptors (Lipinski definition) is 5. The summed E-state index contributed by atoms with van der Waals surface area (Å²) in [6.07, 6.45) is 0.159. The lowest BCUT2D eigenvalue weighted by atomic mass is 10.1. The van der Waals surface area contributed by atoms with Crippen LogP contribution in [0.25, 0.3) is 0 Å². The van der Waals surface area contributed by atoms with Gasteiger partial charge in [-0.1, -0.05) is 0 Å². The van der Waals surface area contributed by atoms with Crippen LogP contribution in [0.1, 0.15) is 52.4 Å². The number of sulfone groups is 1. The number of rotatable bonds is 4. The Kier molecular flexibility index (Phi) is 4.84. The number of amides is 1. The molecule has 0 aromatic carbocycles. The highest BCUT2D eigenvalue weighted by Gasteiger charge is 2.31. The highest BCUT2D eigenvalue weighted by molar-refractivity contribution is 7.91. The van der Waals surface area contributed by atoms with Gasteiger partial charge in [0, 0.05) is 11.7 Å². The predicted octanol–water partition coefficient (Wildman–Crippen LogP) is 1.11. The van der Waals surface area contributed by atoms with E-state index in [1.807, 2.05) is 0 Å². The summed E-state index contributed by atoms with van der Waals surface area (Å²) in [5.74, 6) is -0.836.